The summed E-state index contributed by atoms with van der Waals surface area (Å²) in [6.07, 6.45) is 0.816. The third kappa shape index (κ3) is 2.28. The fourth-order valence-electron chi connectivity index (χ4n) is 1.73. The average Bonchev–Trinajstić information content (AvgIpc) is 2.85. The van der Waals surface area contributed by atoms with E-state index in [1.807, 2.05) is 20.8 Å². The minimum absolute atomic E-state index is 0.194. The van der Waals surface area contributed by atoms with E-state index >= 15 is 0 Å². The van der Waals surface area contributed by atoms with Gasteiger partial charge in [-0.15, -0.1) is 10.2 Å². The lowest BCUT2D eigenvalue weighted by Gasteiger charge is -2.00. The van der Waals surface area contributed by atoms with E-state index < -0.39 is 0 Å². The van der Waals surface area contributed by atoms with E-state index in [0.717, 1.165) is 22.8 Å². The summed E-state index contributed by atoms with van der Waals surface area (Å²) >= 11 is 1.39. The third-order valence-corrected chi connectivity index (χ3v) is 3.76. The molecule has 0 aliphatic heterocycles. The minimum Gasteiger partial charge on any atom is -0.466 e. The van der Waals surface area contributed by atoms with E-state index in [9.17, 15) is 4.79 Å². The van der Waals surface area contributed by atoms with Gasteiger partial charge in [-0.05, 0) is 27.2 Å². The second-order valence-corrected chi connectivity index (χ2v) is 5.09. The molecule has 0 saturated heterocycles. The molecule has 1 N–H and O–H groups in total. The van der Waals surface area contributed by atoms with Crippen LogP contribution in [0.15, 0.2) is 4.42 Å². The van der Waals surface area contributed by atoms with Gasteiger partial charge >= 0.3 is 0 Å². The van der Waals surface area contributed by atoms with Crippen molar-refractivity contribution in [1.82, 2.24) is 10.2 Å². The summed E-state index contributed by atoms with van der Waals surface area (Å²) in [6, 6.07) is 0. The maximum Gasteiger partial charge on any atom is 0.261 e. The second kappa shape index (κ2) is 4.89. The highest BCUT2D eigenvalue weighted by molar-refractivity contribution is 7.15. The van der Waals surface area contributed by atoms with Crippen LogP contribution in [0, 0.1) is 20.8 Å². The summed E-state index contributed by atoms with van der Waals surface area (Å²) in [5, 5.41) is 12.1. The van der Waals surface area contributed by atoms with Crippen molar-refractivity contribution in [3.63, 3.8) is 0 Å². The molecule has 0 aliphatic carbocycles. The van der Waals surface area contributed by atoms with Gasteiger partial charge in [0.1, 0.15) is 16.5 Å². The molecule has 2 heterocycles. The molecule has 0 radical (unpaired) electrons. The Balaban J connectivity index is 2.21. The number of hydrogen-bond donors (Lipinski definition) is 1. The number of carbonyl (C=O) groups is 1. The van der Waals surface area contributed by atoms with Crippen molar-refractivity contribution < 1.29 is 9.21 Å². The fraction of sp³-hybridized carbons (Fsp3) is 0.417. The average molecular weight is 265 g/mol. The Morgan fingerprint density at radius 3 is 2.50 bits per heavy atom. The van der Waals surface area contributed by atoms with Crippen molar-refractivity contribution in [3.8, 4) is 0 Å². The number of hydrogen-bond acceptors (Lipinski definition) is 5. The maximum atomic E-state index is 12.1. The number of nitrogens with one attached hydrogen (secondary N) is 1. The summed E-state index contributed by atoms with van der Waals surface area (Å²) in [7, 11) is 0. The maximum absolute atomic E-state index is 12.1. The molecule has 0 aliphatic rings. The highest BCUT2D eigenvalue weighted by atomic mass is 32.1. The zero-order valence-electron chi connectivity index (χ0n) is 10.8. The minimum atomic E-state index is -0.194. The van der Waals surface area contributed by atoms with Gasteiger partial charge in [0.25, 0.3) is 5.91 Å². The number of nitrogens with zero attached hydrogens (tertiary/aromatic N) is 2. The molecule has 2 aromatic rings. The molecule has 0 aromatic carbocycles. The zero-order chi connectivity index (χ0) is 13.3. The van der Waals surface area contributed by atoms with E-state index in [1.54, 1.807) is 6.92 Å². The van der Waals surface area contributed by atoms with Gasteiger partial charge in [0, 0.05) is 5.56 Å². The third-order valence-electron chi connectivity index (χ3n) is 2.78. The van der Waals surface area contributed by atoms with Crippen LogP contribution in [-0.2, 0) is 6.42 Å². The number of amides is 1. The van der Waals surface area contributed by atoms with Crippen LogP contribution in [0.4, 0.5) is 5.13 Å². The molecule has 0 atom stereocenters. The molecule has 2 aromatic heterocycles. The monoisotopic (exact) mass is 265 g/mol. The quantitative estimate of drug-likeness (QED) is 0.926. The van der Waals surface area contributed by atoms with Crippen LogP contribution in [0.2, 0.25) is 0 Å². The Morgan fingerprint density at radius 2 is 2.00 bits per heavy atom. The lowest BCUT2D eigenvalue weighted by Crippen LogP contribution is -2.13. The number of rotatable bonds is 3. The van der Waals surface area contributed by atoms with Gasteiger partial charge in [-0.1, -0.05) is 18.3 Å². The molecule has 0 bridgehead atoms. The lowest BCUT2D eigenvalue weighted by molar-refractivity contribution is 0.102. The Labute approximate surface area is 109 Å². The van der Waals surface area contributed by atoms with E-state index in [1.165, 1.54) is 11.3 Å². The van der Waals surface area contributed by atoms with Crippen LogP contribution < -0.4 is 5.32 Å². The topological polar surface area (TPSA) is 68.0 Å². The van der Waals surface area contributed by atoms with Gasteiger partial charge in [-0.2, -0.15) is 0 Å². The molecule has 5 nitrogen and oxygen atoms in total. The van der Waals surface area contributed by atoms with Crippen LogP contribution in [0.5, 0.6) is 0 Å². The van der Waals surface area contributed by atoms with Crippen LogP contribution in [-0.4, -0.2) is 16.1 Å². The largest absolute Gasteiger partial charge is 0.466 e. The predicted octanol–water partition coefficient (Wildman–Crippen LogP) is 2.87. The van der Waals surface area contributed by atoms with Gasteiger partial charge in [-0.3, -0.25) is 10.1 Å². The first-order valence-corrected chi connectivity index (χ1v) is 6.54. The molecule has 6 heteroatoms. The van der Waals surface area contributed by atoms with Gasteiger partial charge < -0.3 is 4.42 Å². The van der Waals surface area contributed by atoms with E-state index in [-0.39, 0.29) is 5.91 Å². The first kappa shape index (κ1) is 12.8. The number of anilines is 1. The van der Waals surface area contributed by atoms with Crippen LogP contribution in [0.3, 0.4) is 0 Å². The Bertz CT molecular complexity index is 586. The summed E-state index contributed by atoms with van der Waals surface area (Å²) in [5.41, 5.74) is 1.45. The van der Waals surface area contributed by atoms with E-state index in [4.69, 9.17) is 4.42 Å². The highest BCUT2D eigenvalue weighted by Crippen LogP contribution is 2.23. The Morgan fingerprint density at radius 1 is 1.28 bits per heavy atom. The molecule has 18 heavy (non-hydrogen) atoms. The normalized spacial score (nSPS) is 10.7. The van der Waals surface area contributed by atoms with Crippen molar-refractivity contribution in [2.45, 2.75) is 34.1 Å². The zero-order valence-corrected chi connectivity index (χ0v) is 11.6. The van der Waals surface area contributed by atoms with E-state index in [2.05, 4.69) is 15.5 Å². The van der Waals surface area contributed by atoms with Gasteiger partial charge in [-0.25, -0.2) is 0 Å². The van der Waals surface area contributed by atoms with Crippen LogP contribution in [0.25, 0.3) is 0 Å². The molecule has 2 rings (SSSR count). The smallest absolute Gasteiger partial charge is 0.261 e. The second-order valence-electron chi connectivity index (χ2n) is 4.02. The van der Waals surface area contributed by atoms with E-state index in [0.29, 0.717) is 16.5 Å². The molecule has 0 saturated carbocycles. The number of carbonyl (C=O) groups excluding carboxylic acids is 1. The van der Waals surface area contributed by atoms with Crippen LogP contribution >= 0.6 is 11.3 Å². The number of aryl methyl sites for hydroxylation is 3. The molecule has 0 spiro atoms. The van der Waals surface area contributed by atoms with Gasteiger partial charge in [0.05, 0.1) is 5.56 Å². The van der Waals surface area contributed by atoms with Crippen molar-refractivity contribution in [2.75, 3.05) is 5.32 Å². The van der Waals surface area contributed by atoms with Gasteiger partial charge in [0.2, 0.25) is 5.13 Å². The fourth-order valence-corrected chi connectivity index (χ4v) is 2.41. The van der Waals surface area contributed by atoms with Crippen molar-refractivity contribution in [1.29, 1.82) is 0 Å². The summed E-state index contributed by atoms with van der Waals surface area (Å²) in [5.74, 6) is 1.20. The number of aromatic nitrogens is 2. The first-order valence-electron chi connectivity index (χ1n) is 5.73. The summed E-state index contributed by atoms with van der Waals surface area (Å²) in [4.78, 5) is 12.1. The number of furan rings is 1. The molecule has 96 valence electrons. The molecule has 0 fully saturated rings. The van der Waals surface area contributed by atoms with Crippen molar-refractivity contribution in [2.24, 2.45) is 0 Å². The standard InChI is InChI=1S/C12H15N3O2S/c1-5-9-14-15-12(18-9)13-11(16)10-6(2)7(3)17-8(10)4/h5H2,1-4H3,(H,13,15,16). The molecular formula is C12H15N3O2S. The van der Waals surface area contributed by atoms with Crippen molar-refractivity contribution >= 4 is 22.4 Å². The SMILES string of the molecule is CCc1nnc(NC(=O)c2c(C)oc(C)c2C)s1. The lowest BCUT2D eigenvalue weighted by atomic mass is 10.1. The highest BCUT2D eigenvalue weighted by Gasteiger charge is 2.19. The molecule has 1 amide bonds. The predicted molar refractivity (Wildman–Crippen MR) is 70.2 cm³/mol. The summed E-state index contributed by atoms with van der Waals surface area (Å²) < 4.78 is 5.44. The first-order chi connectivity index (χ1) is 8.52. The Kier molecular flexibility index (Phi) is 3.47. The van der Waals surface area contributed by atoms with Gasteiger partial charge in [0.15, 0.2) is 0 Å². The molecule has 0 unspecified atom stereocenters. The summed E-state index contributed by atoms with van der Waals surface area (Å²) in [6.45, 7) is 7.50. The van der Waals surface area contributed by atoms with Crippen LogP contribution in [0.1, 0.15) is 39.4 Å². The Hall–Kier alpha value is -1.69. The molecular weight excluding hydrogens is 250 g/mol. The van der Waals surface area contributed by atoms with Crippen molar-refractivity contribution in [3.05, 3.63) is 27.7 Å².